The lowest BCUT2D eigenvalue weighted by atomic mass is 10.0. The number of aromatic carboxylic acids is 1. The minimum absolute atomic E-state index is 0.123. The molecule has 1 heterocycles. The molecule has 2 aromatic carbocycles. The molecule has 1 aromatic heterocycles. The van der Waals surface area contributed by atoms with Crippen molar-refractivity contribution in [3.8, 4) is 16.8 Å². The number of benzene rings is 2. The van der Waals surface area contributed by atoms with Crippen molar-refractivity contribution >= 4 is 23.3 Å². The second-order valence-corrected chi connectivity index (χ2v) is 5.26. The molecule has 116 valence electrons. The summed E-state index contributed by atoms with van der Waals surface area (Å²) in [5, 5.41) is 23.2. The molecule has 0 aliphatic carbocycles. The van der Waals surface area contributed by atoms with Gasteiger partial charge in [-0.3, -0.25) is 10.7 Å². The SMILES string of the molecule is O=C(O)c1ccc(NO)c(-c2cnn(-c3ccc(Cl)cc3)c2)c1. The summed E-state index contributed by atoms with van der Waals surface area (Å²) in [6.07, 6.45) is 3.33. The van der Waals surface area contributed by atoms with Crippen molar-refractivity contribution in [1.29, 1.82) is 0 Å². The van der Waals surface area contributed by atoms with E-state index in [-0.39, 0.29) is 5.56 Å². The number of hydrogen-bond donors (Lipinski definition) is 3. The van der Waals surface area contributed by atoms with Gasteiger partial charge in [0, 0.05) is 22.3 Å². The van der Waals surface area contributed by atoms with E-state index in [0.29, 0.717) is 21.8 Å². The van der Waals surface area contributed by atoms with Crippen molar-refractivity contribution in [2.24, 2.45) is 0 Å². The number of nitrogens with one attached hydrogen (secondary N) is 1. The largest absolute Gasteiger partial charge is 0.478 e. The average molecular weight is 330 g/mol. The van der Waals surface area contributed by atoms with Gasteiger partial charge in [-0.1, -0.05) is 11.6 Å². The second kappa shape index (κ2) is 6.12. The molecule has 0 atom stereocenters. The zero-order valence-corrected chi connectivity index (χ0v) is 12.5. The van der Waals surface area contributed by atoms with Gasteiger partial charge < -0.3 is 5.11 Å². The van der Waals surface area contributed by atoms with Gasteiger partial charge in [0.2, 0.25) is 0 Å². The van der Waals surface area contributed by atoms with Crippen molar-refractivity contribution < 1.29 is 15.1 Å². The van der Waals surface area contributed by atoms with E-state index in [4.69, 9.17) is 16.7 Å². The molecule has 7 heteroatoms. The Morgan fingerprint density at radius 2 is 1.91 bits per heavy atom. The molecule has 0 unspecified atom stereocenters. The molecule has 3 rings (SSSR count). The van der Waals surface area contributed by atoms with Gasteiger partial charge in [0.25, 0.3) is 0 Å². The van der Waals surface area contributed by atoms with Gasteiger partial charge in [-0.15, -0.1) is 0 Å². The standard InChI is InChI=1S/C16H12ClN3O3/c17-12-2-4-13(5-3-12)20-9-11(8-18-20)14-7-10(16(21)22)1-6-15(14)19-23/h1-9,19,23H,(H,21,22). The summed E-state index contributed by atoms with van der Waals surface area (Å²) in [5.74, 6) is -1.04. The third-order valence-corrected chi connectivity index (χ3v) is 3.62. The number of carboxylic acids is 1. The van der Waals surface area contributed by atoms with Crippen LogP contribution >= 0.6 is 11.6 Å². The van der Waals surface area contributed by atoms with Crippen LogP contribution in [0, 0.1) is 0 Å². The lowest BCUT2D eigenvalue weighted by molar-refractivity contribution is 0.0697. The summed E-state index contributed by atoms with van der Waals surface area (Å²) >= 11 is 5.87. The molecule has 0 aliphatic heterocycles. The molecular weight excluding hydrogens is 318 g/mol. The molecule has 0 spiro atoms. The smallest absolute Gasteiger partial charge is 0.335 e. The first-order valence-electron chi connectivity index (χ1n) is 6.67. The van der Waals surface area contributed by atoms with Crippen molar-refractivity contribution in [3.63, 3.8) is 0 Å². The Bertz CT molecular complexity index is 859. The zero-order chi connectivity index (χ0) is 16.4. The number of hydrogen-bond acceptors (Lipinski definition) is 4. The Hall–Kier alpha value is -2.83. The van der Waals surface area contributed by atoms with Crippen LogP contribution in [-0.4, -0.2) is 26.1 Å². The number of anilines is 1. The summed E-state index contributed by atoms with van der Waals surface area (Å²) < 4.78 is 1.64. The molecule has 3 N–H and O–H groups in total. The summed E-state index contributed by atoms with van der Waals surface area (Å²) in [7, 11) is 0. The van der Waals surface area contributed by atoms with E-state index in [2.05, 4.69) is 10.6 Å². The summed E-state index contributed by atoms with van der Waals surface area (Å²) in [4.78, 5) is 11.1. The molecule has 0 fully saturated rings. The molecule has 0 amide bonds. The quantitative estimate of drug-likeness (QED) is 0.635. The van der Waals surface area contributed by atoms with Crippen LogP contribution in [0.3, 0.4) is 0 Å². The topological polar surface area (TPSA) is 87.4 Å². The van der Waals surface area contributed by atoms with E-state index < -0.39 is 5.97 Å². The fourth-order valence-electron chi connectivity index (χ4n) is 2.21. The maximum atomic E-state index is 11.1. The van der Waals surface area contributed by atoms with Crippen molar-refractivity contribution in [2.45, 2.75) is 0 Å². The maximum Gasteiger partial charge on any atom is 0.335 e. The van der Waals surface area contributed by atoms with Crippen molar-refractivity contribution in [1.82, 2.24) is 9.78 Å². The Labute approximate surface area is 136 Å². The van der Waals surface area contributed by atoms with E-state index >= 15 is 0 Å². The number of carboxylic acid groups (broad SMARTS) is 1. The van der Waals surface area contributed by atoms with Crippen LogP contribution in [0.4, 0.5) is 5.69 Å². The van der Waals surface area contributed by atoms with Crippen LogP contribution in [0.5, 0.6) is 0 Å². The molecule has 0 aliphatic rings. The number of nitrogens with zero attached hydrogens (tertiary/aromatic N) is 2. The van der Waals surface area contributed by atoms with Crippen LogP contribution in [0.25, 0.3) is 16.8 Å². The minimum atomic E-state index is -1.04. The third-order valence-electron chi connectivity index (χ3n) is 3.37. The first-order chi connectivity index (χ1) is 11.1. The Kier molecular flexibility index (Phi) is 4.01. The molecule has 6 nitrogen and oxygen atoms in total. The summed E-state index contributed by atoms with van der Waals surface area (Å²) in [5.41, 5.74) is 4.60. The van der Waals surface area contributed by atoms with Gasteiger partial charge in [-0.25, -0.2) is 9.48 Å². The van der Waals surface area contributed by atoms with E-state index in [1.807, 2.05) is 12.1 Å². The molecule has 0 radical (unpaired) electrons. The molecule has 0 bridgehead atoms. The molecule has 23 heavy (non-hydrogen) atoms. The molecule has 0 saturated heterocycles. The second-order valence-electron chi connectivity index (χ2n) is 4.83. The number of rotatable bonds is 4. The molecule has 0 saturated carbocycles. The van der Waals surface area contributed by atoms with E-state index in [1.54, 1.807) is 29.2 Å². The minimum Gasteiger partial charge on any atom is -0.478 e. The monoisotopic (exact) mass is 329 g/mol. The van der Waals surface area contributed by atoms with Crippen molar-refractivity contribution in [3.05, 3.63) is 65.4 Å². The lowest BCUT2D eigenvalue weighted by Gasteiger charge is -2.07. The van der Waals surface area contributed by atoms with Gasteiger partial charge in [-0.05, 0) is 42.5 Å². The van der Waals surface area contributed by atoms with Crippen LogP contribution in [-0.2, 0) is 0 Å². The number of halogens is 1. The summed E-state index contributed by atoms with van der Waals surface area (Å²) in [6.45, 7) is 0. The van der Waals surface area contributed by atoms with Gasteiger partial charge in [0.15, 0.2) is 0 Å². The number of aromatic nitrogens is 2. The zero-order valence-electron chi connectivity index (χ0n) is 11.8. The molecular formula is C16H12ClN3O3. The Morgan fingerprint density at radius 1 is 1.17 bits per heavy atom. The van der Waals surface area contributed by atoms with Crippen LogP contribution in [0.15, 0.2) is 54.9 Å². The first-order valence-corrected chi connectivity index (χ1v) is 7.05. The van der Waals surface area contributed by atoms with Crippen LogP contribution in [0.1, 0.15) is 10.4 Å². The lowest BCUT2D eigenvalue weighted by Crippen LogP contribution is -1.99. The highest BCUT2D eigenvalue weighted by Crippen LogP contribution is 2.29. The van der Waals surface area contributed by atoms with Crippen molar-refractivity contribution in [2.75, 3.05) is 5.48 Å². The number of carbonyl (C=O) groups is 1. The van der Waals surface area contributed by atoms with E-state index in [1.165, 1.54) is 18.2 Å². The summed E-state index contributed by atoms with van der Waals surface area (Å²) in [6, 6.07) is 11.5. The fourth-order valence-corrected chi connectivity index (χ4v) is 2.34. The maximum absolute atomic E-state index is 11.1. The third kappa shape index (κ3) is 3.03. The Morgan fingerprint density at radius 3 is 2.57 bits per heavy atom. The van der Waals surface area contributed by atoms with Gasteiger partial charge in [-0.2, -0.15) is 5.10 Å². The van der Waals surface area contributed by atoms with Gasteiger partial charge in [0.05, 0.1) is 23.1 Å². The fraction of sp³-hybridized carbons (Fsp3) is 0. The van der Waals surface area contributed by atoms with Crippen LogP contribution in [0.2, 0.25) is 5.02 Å². The average Bonchev–Trinajstić information content (AvgIpc) is 3.04. The van der Waals surface area contributed by atoms with Gasteiger partial charge >= 0.3 is 5.97 Å². The predicted octanol–water partition coefficient (Wildman–Crippen LogP) is 3.69. The Balaban J connectivity index is 2.04. The highest BCUT2D eigenvalue weighted by molar-refractivity contribution is 6.30. The highest BCUT2D eigenvalue weighted by atomic mass is 35.5. The molecule has 3 aromatic rings. The van der Waals surface area contributed by atoms with Gasteiger partial charge in [0.1, 0.15) is 0 Å². The van der Waals surface area contributed by atoms with E-state index in [0.717, 1.165) is 5.69 Å². The van der Waals surface area contributed by atoms with Crippen LogP contribution < -0.4 is 5.48 Å². The highest BCUT2D eigenvalue weighted by Gasteiger charge is 2.12. The predicted molar refractivity (Wildman–Crippen MR) is 86.4 cm³/mol. The van der Waals surface area contributed by atoms with E-state index in [9.17, 15) is 10.0 Å². The first kappa shape index (κ1) is 15.1. The normalized spacial score (nSPS) is 10.5.